The van der Waals surface area contributed by atoms with Gasteiger partial charge in [-0.3, -0.25) is 4.79 Å². The second-order valence-corrected chi connectivity index (χ2v) is 6.61. The van der Waals surface area contributed by atoms with Gasteiger partial charge in [0.25, 0.3) is 5.91 Å². The van der Waals surface area contributed by atoms with E-state index in [1.807, 2.05) is 17.0 Å². The number of piperidine rings is 1. The number of nitrogens with zero attached hydrogens (tertiary/aromatic N) is 3. The number of carbonyl (C=O) groups is 1. The fourth-order valence-electron chi connectivity index (χ4n) is 3.53. The van der Waals surface area contributed by atoms with Crippen LogP contribution in [0.1, 0.15) is 49.9 Å². The number of aromatic nitrogens is 1. The summed E-state index contributed by atoms with van der Waals surface area (Å²) in [6.07, 6.45) is 6.56. The van der Waals surface area contributed by atoms with Gasteiger partial charge in [-0.15, -0.1) is 0 Å². The van der Waals surface area contributed by atoms with Crippen LogP contribution in [0.4, 0.5) is 5.82 Å². The van der Waals surface area contributed by atoms with Crippen molar-refractivity contribution in [2.75, 3.05) is 31.1 Å². The lowest BCUT2D eigenvalue weighted by molar-refractivity contribution is -0.0175. The molecule has 1 amide bonds. The molecule has 3 heterocycles. The Labute approximate surface area is 138 Å². The fourth-order valence-corrected chi connectivity index (χ4v) is 3.53. The van der Waals surface area contributed by atoms with E-state index in [9.17, 15) is 4.79 Å². The minimum atomic E-state index is 0.125. The molecule has 5 nitrogen and oxygen atoms in total. The van der Waals surface area contributed by atoms with Gasteiger partial charge in [-0.1, -0.05) is 6.92 Å². The Morgan fingerprint density at radius 2 is 2.09 bits per heavy atom. The zero-order valence-corrected chi connectivity index (χ0v) is 14.2. The minimum Gasteiger partial charge on any atom is -0.372 e. The SMILES string of the molecule is CCC1CN(c2ncccc2C(=O)N2CCCCC2)CC(C)O1. The van der Waals surface area contributed by atoms with Crippen molar-refractivity contribution in [1.29, 1.82) is 0 Å². The van der Waals surface area contributed by atoms with Crippen molar-refractivity contribution in [3.05, 3.63) is 23.9 Å². The van der Waals surface area contributed by atoms with Crippen molar-refractivity contribution in [3.63, 3.8) is 0 Å². The first kappa shape index (κ1) is 16.2. The van der Waals surface area contributed by atoms with Gasteiger partial charge in [-0.2, -0.15) is 0 Å². The molecule has 0 N–H and O–H groups in total. The molecule has 2 saturated heterocycles. The Bertz CT molecular complexity index is 543. The molecule has 3 rings (SSSR count). The van der Waals surface area contributed by atoms with E-state index < -0.39 is 0 Å². The maximum absolute atomic E-state index is 12.9. The molecule has 1 aromatic rings. The second-order valence-electron chi connectivity index (χ2n) is 6.61. The number of morpholine rings is 1. The predicted octanol–water partition coefficient (Wildman–Crippen LogP) is 2.71. The molecule has 0 spiro atoms. The van der Waals surface area contributed by atoms with Crippen molar-refractivity contribution in [1.82, 2.24) is 9.88 Å². The smallest absolute Gasteiger partial charge is 0.257 e. The monoisotopic (exact) mass is 317 g/mol. The normalized spacial score (nSPS) is 25.5. The molecule has 2 fully saturated rings. The van der Waals surface area contributed by atoms with E-state index in [0.717, 1.165) is 56.8 Å². The summed E-state index contributed by atoms with van der Waals surface area (Å²) in [5.74, 6) is 0.941. The third-order valence-corrected chi connectivity index (χ3v) is 4.74. The Morgan fingerprint density at radius 1 is 1.30 bits per heavy atom. The molecule has 0 saturated carbocycles. The van der Waals surface area contributed by atoms with Crippen LogP contribution < -0.4 is 4.90 Å². The van der Waals surface area contributed by atoms with E-state index in [1.54, 1.807) is 6.20 Å². The molecule has 126 valence electrons. The zero-order valence-electron chi connectivity index (χ0n) is 14.2. The van der Waals surface area contributed by atoms with Crippen LogP contribution in [0.5, 0.6) is 0 Å². The van der Waals surface area contributed by atoms with Gasteiger partial charge < -0.3 is 14.5 Å². The summed E-state index contributed by atoms with van der Waals surface area (Å²) in [5.41, 5.74) is 0.735. The quantitative estimate of drug-likeness (QED) is 0.860. The summed E-state index contributed by atoms with van der Waals surface area (Å²) in [7, 11) is 0. The first-order chi connectivity index (χ1) is 11.2. The van der Waals surface area contributed by atoms with Crippen LogP contribution in [-0.4, -0.2) is 54.2 Å². The molecule has 0 aromatic carbocycles. The predicted molar refractivity (Wildman–Crippen MR) is 90.8 cm³/mol. The highest BCUT2D eigenvalue weighted by Crippen LogP contribution is 2.25. The van der Waals surface area contributed by atoms with Crippen LogP contribution in [-0.2, 0) is 4.74 Å². The largest absolute Gasteiger partial charge is 0.372 e. The Kier molecular flexibility index (Phi) is 5.16. The fraction of sp³-hybridized carbons (Fsp3) is 0.667. The number of carbonyl (C=O) groups excluding carboxylic acids is 1. The first-order valence-corrected chi connectivity index (χ1v) is 8.83. The highest BCUT2D eigenvalue weighted by Gasteiger charge is 2.29. The Hall–Kier alpha value is -1.62. The van der Waals surface area contributed by atoms with E-state index in [0.29, 0.717) is 0 Å². The number of ether oxygens (including phenoxy) is 1. The van der Waals surface area contributed by atoms with E-state index in [2.05, 4.69) is 23.7 Å². The maximum atomic E-state index is 12.9. The highest BCUT2D eigenvalue weighted by molar-refractivity contribution is 5.99. The minimum absolute atomic E-state index is 0.125. The molecule has 2 atom stereocenters. The molecule has 5 heteroatoms. The Balaban J connectivity index is 1.83. The number of hydrogen-bond acceptors (Lipinski definition) is 4. The lowest BCUT2D eigenvalue weighted by Crippen LogP contribution is -2.47. The van der Waals surface area contributed by atoms with Gasteiger partial charge in [0.1, 0.15) is 5.82 Å². The van der Waals surface area contributed by atoms with Gasteiger partial charge in [0.05, 0.1) is 17.8 Å². The molecule has 2 aliphatic rings. The third-order valence-electron chi connectivity index (χ3n) is 4.74. The highest BCUT2D eigenvalue weighted by atomic mass is 16.5. The number of anilines is 1. The first-order valence-electron chi connectivity index (χ1n) is 8.83. The van der Waals surface area contributed by atoms with Crippen molar-refractivity contribution in [2.45, 2.75) is 51.7 Å². The molecular weight excluding hydrogens is 290 g/mol. The second kappa shape index (κ2) is 7.30. The summed E-state index contributed by atoms with van der Waals surface area (Å²) in [4.78, 5) is 21.7. The van der Waals surface area contributed by atoms with Gasteiger partial charge in [0.15, 0.2) is 0 Å². The van der Waals surface area contributed by atoms with E-state index in [1.165, 1.54) is 6.42 Å². The number of likely N-dealkylation sites (tertiary alicyclic amines) is 1. The average Bonchev–Trinajstić information content (AvgIpc) is 2.61. The van der Waals surface area contributed by atoms with Crippen LogP contribution >= 0.6 is 0 Å². The van der Waals surface area contributed by atoms with E-state index in [-0.39, 0.29) is 18.1 Å². The summed E-state index contributed by atoms with van der Waals surface area (Å²) in [5, 5.41) is 0. The van der Waals surface area contributed by atoms with Crippen LogP contribution in [0.3, 0.4) is 0 Å². The number of pyridine rings is 1. The van der Waals surface area contributed by atoms with Crippen LogP contribution in [0.2, 0.25) is 0 Å². The van der Waals surface area contributed by atoms with E-state index in [4.69, 9.17) is 4.74 Å². The van der Waals surface area contributed by atoms with Gasteiger partial charge >= 0.3 is 0 Å². The summed E-state index contributed by atoms with van der Waals surface area (Å²) < 4.78 is 5.94. The maximum Gasteiger partial charge on any atom is 0.257 e. The lowest BCUT2D eigenvalue weighted by atomic mass is 10.1. The Morgan fingerprint density at radius 3 is 2.83 bits per heavy atom. The van der Waals surface area contributed by atoms with Crippen molar-refractivity contribution >= 4 is 11.7 Å². The standard InChI is InChI=1S/C18H27N3O2/c1-3-15-13-21(12-14(2)23-15)17-16(8-7-9-19-17)18(22)20-10-5-4-6-11-20/h7-9,14-15H,3-6,10-13H2,1-2H3. The zero-order chi connectivity index (χ0) is 16.2. The molecule has 2 unspecified atom stereocenters. The van der Waals surface area contributed by atoms with Crippen molar-refractivity contribution < 1.29 is 9.53 Å². The average molecular weight is 317 g/mol. The van der Waals surface area contributed by atoms with Gasteiger partial charge in [-0.25, -0.2) is 4.98 Å². The van der Waals surface area contributed by atoms with E-state index >= 15 is 0 Å². The summed E-state index contributed by atoms with van der Waals surface area (Å²) in [6.45, 7) is 7.55. The van der Waals surface area contributed by atoms with Gasteiger partial charge in [0.2, 0.25) is 0 Å². The molecule has 0 aliphatic carbocycles. The third kappa shape index (κ3) is 3.66. The van der Waals surface area contributed by atoms with Crippen molar-refractivity contribution in [2.24, 2.45) is 0 Å². The van der Waals surface area contributed by atoms with Gasteiger partial charge in [0, 0.05) is 32.4 Å². The van der Waals surface area contributed by atoms with Crippen molar-refractivity contribution in [3.8, 4) is 0 Å². The van der Waals surface area contributed by atoms with Crippen LogP contribution in [0.25, 0.3) is 0 Å². The topological polar surface area (TPSA) is 45.7 Å². The number of rotatable bonds is 3. The molecule has 23 heavy (non-hydrogen) atoms. The molecule has 2 aliphatic heterocycles. The van der Waals surface area contributed by atoms with Crippen LogP contribution in [0, 0.1) is 0 Å². The summed E-state index contributed by atoms with van der Waals surface area (Å²) >= 11 is 0. The van der Waals surface area contributed by atoms with Gasteiger partial charge in [-0.05, 0) is 44.7 Å². The molecule has 0 radical (unpaired) electrons. The molecule has 0 bridgehead atoms. The summed E-state index contributed by atoms with van der Waals surface area (Å²) in [6, 6.07) is 3.78. The number of amides is 1. The lowest BCUT2D eigenvalue weighted by Gasteiger charge is -2.38. The van der Waals surface area contributed by atoms with Crippen LogP contribution in [0.15, 0.2) is 18.3 Å². The molecular formula is C18H27N3O2. The number of hydrogen-bond donors (Lipinski definition) is 0. The molecule has 1 aromatic heterocycles.